The summed E-state index contributed by atoms with van der Waals surface area (Å²) in [6, 6.07) is -0.222. The molecule has 0 aliphatic rings. The lowest BCUT2D eigenvalue weighted by Crippen LogP contribution is -2.17. The highest BCUT2D eigenvalue weighted by molar-refractivity contribution is 4.97. The number of rotatable bonds is 3. The van der Waals surface area contributed by atoms with Gasteiger partial charge < -0.3 is 5.73 Å². The zero-order valence-electron chi connectivity index (χ0n) is 7.75. The summed E-state index contributed by atoms with van der Waals surface area (Å²) in [5, 5.41) is 10.4. The third-order valence-corrected chi connectivity index (χ3v) is 1.99. The van der Waals surface area contributed by atoms with E-state index in [1.807, 2.05) is 7.05 Å². The molecular weight excluding hydrogens is 182 g/mol. The molecule has 0 aliphatic carbocycles. The maximum Gasteiger partial charge on any atom is 0.141 e. The van der Waals surface area contributed by atoms with Gasteiger partial charge in [0, 0.05) is 13.5 Å². The fourth-order valence-corrected chi connectivity index (χ4v) is 1.19. The number of hydrogen-bond acceptors (Lipinski definition) is 5. The summed E-state index contributed by atoms with van der Waals surface area (Å²) < 4.78 is 1.69. The number of aromatic nitrogens is 6. The maximum atomic E-state index is 5.88. The highest BCUT2D eigenvalue weighted by Gasteiger charge is 2.12. The van der Waals surface area contributed by atoms with Crippen molar-refractivity contribution in [3.05, 3.63) is 24.3 Å². The molecule has 0 aliphatic heterocycles. The van der Waals surface area contributed by atoms with Crippen LogP contribution in [0, 0.1) is 0 Å². The molecule has 2 aromatic heterocycles. The molecule has 0 saturated carbocycles. The van der Waals surface area contributed by atoms with Crippen LogP contribution in [0.4, 0.5) is 0 Å². The topological polar surface area (TPSA) is 98.3 Å². The van der Waals surface area contributed by atoms with E-state index in [4.69, 9.17) is 5.73 Å². The smallest absolute Gasteiger partial charge is 0.141 e. The first kappa shape index (κ1) is 8.82. The fraction of sp³-hybridized carbons (Fsp3) is 0.429. The highest BCUT2D eigenvalue weighted by Crippen LogP contribution is 2.08. The van der Waals surface area contributed by atoms with Crippen molar-refractivity contribution in [2.45, 2.75) is 12.5 Å². The van der Waals surface area contributed by atoms with Gasteiger partial charge in [-0.15, -0.1) is 0 Å². The van der Waals surface area contributed by atoms with Gasteiger partial charge in [0.25, 0.3) is 0 Å². The molecule has 14 heavy (non-hydrogen) atoms. The Bertz CT molecular complexity index is 390. The van der Waals surface area contributed by atoms with Crippen molar-refractivity contribution >= 4 is 0 Å². The first-order valence-corrected chi connectivity index (χ1v) is 4.21. The van der Waals surface area contributed by atoms with E-state index in [-0.39, 0.29) is 6.04 Å². The molecule has 2 heterocycles. The van der Waals surface area contributed by atoms with Crippen LogP contribution in [0.15, 0.2) is 12.7 Å². The summed E-state index contributed by atoms with van der Waals surface area (Å²) in [7, 11) is 1.83. The molecule has 0 amide bonds. The average Bonchev–Trinajstić information content (AvgIpc) is 2.77. The van der Waals surface area contributed by atoms with E-state index in [0.717, 1.165) is 5.82 Å². The Labute approximate surface area is 80.4 Å². The molecule has 0 fully saturated rings. The van der Waals surface area contributed by atoms with Gasteiger partial charge in [-0.1, -0.05) is 0 Å². The van der Waals surface area contributed by atoms with Crippen LogP contribution in [0.3, 0.4) is 0 Å². The summed E-state index contributed by atoms with van der Waals surface area (Å²) >= 11 is 0. The Morgan fingerprint density at radius 3 is 2.93 bits per heavy atom. The normalized spacial score (nSPS) is 13.0. The van der Waals surface area contributed by atoms with Crippen LogP contribution in [0.5, 0.6) is 0 Å². The zero-order chi connectivity index (χ0) is 9.97. The van der Waals surface area contributed by atoms with Crippen molar-refractivity contribution < 1.29 is 0 Å². The Hall–Kier alpha value is -1.76. The second-order valence-electron chi connectivity index (χ2n) is 2.98. The molecule has 0 radical (unpaired) electrons. The van der Waals surface area contributed by atoms with Crippen LogP contribution in [0.2, 0.25) is 0 Å². The molecule has 2 aromatic rings. The Morgan fingerprint density at radius 1 is 1.50 bits per heavy atom. The minimum Gasteiger partial charge on any atom is -0.321 e. The van der Waals surface area contributed by atoms with Crippen molar-refractivity contribution in [1.29, 1.82) is 0 Å². The van der Waals surface area contributed by atoms with Gasteiger partial charge in [-0.25, -0.2) is 9.97 Å². The molecule has 74 valence electrons. The molecule has 7 nitrogen and oxygen atoms in total. The number of hydrogen-bond donors (Lipinski definition) is 2. The minimum absolute atomic E-state index is 0.222. The van der Waals surface area contributed by atoms with Gasteiger partial charge in [0.1, 0.15) is 24.3 Å². The minimum atomic E-state index is -0.222. The average molecular weight is 193 g/mol. The standard InChI is InChI=1S/C7H11N7/c1-14-6(9-4-12-14)2-5(8)7-10-3-11-13-7/h3-5H,2,8H2,1H3,(H,10,11,13). The molecule has 0 bridgehead atoms. The predicted octanol–water partition coefficient (Wildman–Crippen LogP) is -0.824. The first-order chi connectivity index (χ1) is 6.77. The SMILES string of the molecule is Cn1ncnc1CC(N)c1ncn[nH]1. The molecule has 7 heteroatoms. The quantitative estimate of drug-likeness (QED) is 0.663. The summed E-state index contributed by atoms with van der Waals surface area (Å²) in [6.45, 7) is 0. The predicted molar refractivity (Wildman–Crippen MR) is 48.0 cm³/mol. The van der Waals surface area contributed by atoms with E-state index in [0.29, 0.717) is 12.2 Å². The van der Waals surface area contributed by atoms with Gasteiger partial charge in [0.05, 0.1) is 6.04 Å². The second kappa shape index (κ2) is 3.54. The van der Waals surface area contributed by atoms with Gasteiger partial charge in [0.2, 0.25) is 0 Å². The Balaban J connectivity index is 2.09. The van der Waals surface area contributed by atoms with Gasteiger partial charge in [0.15, 0.2) is 0 Å². The number of nitrogens with zero attached hydrogens (tertiary/aromatic N) is 5. The summed E-state index contributed by atoms with van der Waals surface area (Å²) in [4.78, 5) is 8.05. The van der Waals surface area contributed by atoms with E-state index in [9.17, 15) is 0 Å². The molecule has 0 spiro atoms. The van der Waals surface area contributed by atoms with Crippen molar-refractivity contribution in [3.8, 4) is 0 Å². The number of aryl methyl sites for hydroxylation is 1. The molecule has 1 unspecified atom stereocenters. The lowest BCUT2D eigenvalue weighted by atomic mass is 10.2. The first-order valence-electron chi connectivity index (χ1n) is 4.21. The molecule has 0 saturated heterocycles. The van der Waals surface area contributed by atoms with Crippen LogP contribution >= 0.6 is 0 Å². The number of nitrogens with one attached hydrogen (secondary N) is 1. The van der Waals surface area contributed by atoms with E-state index in [1.165, 1.54) is 12.7 Å². The van der Waals surface area contributed by atoms with Crippen LogP contribution < -0.4 is 5.73 Å². The Kier molecular flexibility index (Phi) is 2.23. The van der Waals surface area contributed by atoms with Crippen molar-refractivity contribution in [3.63, 3.8) is 0 Å². The van der Waals surface area contributed by atoms with Gasteiger partial charge in [-0.05, 0) is 0 Å². The third-order valence-electron chi connectivity index (χ3n) is 1.99. The van der Waals surface area contributed by atoms with E-state index < -0.39 is 0 Å². The van der Waals surface area contributed by atoms with Crippen LogP contribution in [0.25, 0.3) is 0 Å². The summed E-state index contributed by atoms with van der Waals surface area (Å²) in [5.74, 6) is 1.49. The van der Waals surface area contributed by atoms with Gasteiger partial charge >= 0.3 is 0 Å². The van der Waals surface area contributed by atoms with E-state index in [1.54, 1.807) is 4.68 Å². The molecular formula is C7H11N7. The largest absolute Gasteiger partial charge is 0.321 e. The number of H-pyrrole nitrogens is 1. The van der Waals surface area contributed by atoms with Crippen LogP contribution in [0.1, 0.15) is 17.7 Å². The molecule has 2 rings (SSSR count). The lowest BCUT2D eigenvalue weighted by Gasteiger charge is -2.06. The zero-order valence-corrected chi connectivity index (χ0v) is 7.75. The van der Waals surface area contributed by atoms with Gasteiger partial charge in [-0.2, -0.15) is 10.2 Å². The maximum absolute atomic E-state index is 5.88. The number of nitrogens with two attached hydrogens (primary N) is 1. The third kappa shape index (κ3) is 1.62. The monoisotopic (exact) mass is 193 g/mol. The summed E-state index contributed by atoms with van der Waals surface area (Å²) in [6.07, 6.45) is 3.53. The molecule has 0 aromatic carbocycles. The lowest BCUT2D eigenvalue weighted by molar-refractivity contribution is 0.606. The van der Waals surface area contributed by atoms with Crippen molar-refractivity contribution in [1.82, 2.24) is 29.9 Å². The Morgan fingerprint density at radius 2 is 2.36 bits per heavy atom. The second-order valence-corrected chi connectivity index (χ2v) is 2.98. The van der Waals surface area contributed by atoms with E-state index >= 15 is 0 Å². The highest BCUT2D eigenvalue weighted by atomic mass is 15.3. The van der Waals surface area contributed by atoms with Gasteiger partial charge in [-0.3, -0.25) is 9.78 Å². The molecule has 1 atom stereocenters. The van der Waals surface area contributed by atoms with Crippen molar-refractivity contribution in [2.24, 2.45) is 12.8 Å². The van der Waals surface area contributed by atoms with Crippen molar-refractivity contribution in [2.75, 3.05) is 0 Å². The van der Waals surface area contributed by atoms with Crippen LogP contribution in [-0.4, -0.2) is 29.9 Å². The van der Waals surface area contributed by atoms with Crippen LogP contribution in [-0.2, 0) is 13.5 Å². The molecule has 3 N–H and O–H groups in total. The fourth-order valence-electron chi connectivity index (χ4n) is 1.19. The number of aromatic amines is 1. The summed E-state index contributed by atoms with van der Waals surface area (Å²) in [5.41, 5.74) is 5.88. The van der Waals surface area contributed by atoms with E-state index in [2.05, 4.69) is 25.3 Å².